The molecule has 0 saturated heterocycles. The molecule has 3 nitrogen and oxygen atoms in total. The van der Waals surface area contributed by atoms with E-state index in [1.165, 1.54) is 6.42 Å². The molecule has 94 valence electrons. The molecule has 0 spiro atoms. The number of aromatic nitrogens is 1. The molecule has 1 saturated carbocycles. The lowest BCUT2D eigenvalue weighted by molar-refractivity contribution is 0.0283. The average Bonchev–Trinajstić information content (AvgIpc) is 2.29. The van der Waals surface area contributed by atoms with Crippen LogP contribution in [0.1, 0.15) is 37.1 Å². The van der Waals surface area contributed by atoms with E-state index in [0.29, 0.717) is 6.04 Å². The van der Waals surface area contributed by atoms with Crippen molar-refractivity contribution in [2.45, 2.75) is 51.3 Å². The van der Waals surface area contributed by atoms with Crippen LogP contribution in [0.3, 0.4) is 0 Å². The van der Waals surface area contributed by atoms with Gasteiger partial charge in [-0.15, -0.1) is 0 Å². The first-order chi connectivity index (χ1) is 8.16. The highest BCUT2D eigenvalue weighted by Gasteiger charge is 2.26. The summed E-state index contributed by atoms with van der Waals surface area (Å²) in [6.07, 6.45) is 4.26. The van der Waals surface area contributed by atoms with Crippen LogP contribution in [-0.4, -0.2) is 34.2 Å². The first-order valence-electron chi connectivity index (χ1n) is 6.47. The van der Waals surface area contributed by atoms with Crippen molar-refractivity contribution >= 4 is 0 Å². The summed E-state index contributed by atoms with van der Waals surface area (Å²) >= 11 is 0. The number of aliphatic hydroxyl groups excluding tert-OH is 1. The van der Waals surface area contributed by atoms with Crippen molar-refractivity contribution in [3.63, 3.8) is 0 Å². The molecule has 1 aromatic heterocycles. The Bertz CT molecular complexity index is 367. The second-order valence-corrected chi connectivity index (χ2v) is 5.10. The Morgan fingerprint density at radius 2 is 2.12 bits per heavy atom. The number of aryl methyl sites for hydroxylation is 1. The Morgan fingerprint density at radius 1 is 1.35 bits per heavy atom. The highest BCUT2D eigenvalue weighted by molar-refractivity contribution is 5.10. The van der Waals surface area contributed by atoms with Gasteiger partial charge in [0.25, 0.3) is 0 Å². The molecule has 0 aliphatic heterocycles. The monoisotopic (exact) mass is 234 g/mol. The molecule has 1 aromatic rings. The summed E-state index contributed by atoms with van der Waals surface area (Å²) in [7, 11) is 2.09. The molecule has 17 heavy (non-hydrogen) atoms. The smallest absolute Gasteiger partial charge is 0.0695 e. The molecule has 1 heterocycles. The lowest BCUT2D eigenvalue weighted by Crippen LogP contribution is -2.43. The quantitative estimate of drug-likeness (QED) is 0.870. The highest BCUT2D eigenvalue weighted by atomic mass is 16.3. The van der Waals surface area contributed by atoms with Crippen LogP contribution in [-0.2, 0) is 6.54 Å². The first kappa shape index (κ1) is 12.5. The summed E-state index contributed by atoms with van der Waals surface area (Å²) in [5.74, 6) is 0. The maximum Gasteiger partial charge on any atom is 0.0695 e. The zero-order chi connectivity index (χ0) is 12.3. The number of hydrogen-bond donors (Lipinski definition) is 1. The minimum absolute atomic E-state index is 0.168. The van der Waals surface area contributed by atoms with E-state index in [1.54, 1.807) is 0 Å². The molecule has 0 aromatic carbocycles. The lowest BCUT2D eigenvalue weighted by atomic mass is 9.91. The van der Waals surface area contributed by atoms with Crippen LogP contribution in [0, 0.1) is 6.92 Å². The molecule has 1 aliphatic rings. The standard InChI is InChI=1S/C14H22N2O/c1-11-6-5-7-12(15-11)10-16(2)13-8-3-4-9-14(13)17/h5-7,13-14,17H,3-4,8-10H2,1-2H3. The summed E-state index contributed by atoms with van der Waals surface area (Å²) < 4.78 is 0. The maximum absolute atomic E-state index is 10.0. The third-order valence-corrected chi connectivity index (χ3v) is 3.62. The predicted octanol–water partition coefficient (Wildman–Crippen LogP) is 2.13. The first-order valence-corrected chi connectivity index (χ1v) is 6.47. The summed E-state index contributed by atoms with van der Waals surface area (Å²) in [6, 6.07) is 6.41. The second-order valence-electron chi connectivity index (χ2n) is 5.10. The van der Waals surface area contributed by atoms with Crippen molar-refractivity contribution in [2.75, 3.05) is 7.05 Å². The van der Waals surface area contributed by atoms with Crippen molar-refractivity contribution < 1.29 is 5.11 Å². The minimum atomic E-state index is -0.168. The zero-order valence-electron chi connectivity index (χ0n) is 10.8. The normalized spacial score (nSPS) is 25.2. The minimum Gasteiger partial charge on any atom is -0.391 e. The Hall–Kier alpha value is -0.930. The second kappa shape index (κ2) is 5.61. The van der Waals surface area contributed by atoms with Crippen LogP contribution in [0.25, 0.3) is 0 Å². The molecular weight excluding hydrogens is 212 g/mol. The van der Waals surface area contributed by atoms with Gasteiger partial charge in [0.2, 0.25) is 0 Å². The van der Waals surface area contributed by atoms with Crippen LogP contribution >= 0.6 is 0 Å². The van der Waals surface area contributed by atoms with Gasteiger partial charge in [0, 0.05) is 18.3 Å². The van der Waals surface area contributed by atoms with Crippen LogP contribution in [0.5, 0.6) is 0 Å². The fourth-order valence-corrected chi connectivity index (χ4v) is 2.67. The van der Waals surface area contributed by atoms with E-state index >= 15 is 0 Å². The van der Waals surface area contributed by atoms with Crippen molar-refractivity contribution in [3.8, 4) is 0 Å². The molecule has 2 unspecified atom stereocenters. The van der Waals surface area contributed by atoms with Gasteiger partial charge in [-0.05, 0) is 38.9 Å². The van der Waals surface area contributed by atoms with Crippen LogP contribution in [0.2, 0.25) is 0 Å². The number of rotatable bonds is 3. The van der Waals surface area contributed by atoms with Crippen molar-refractivity contribution in [1.82, 2.24) is 9.88 Å². The van der Waals surface area contributed by atoms with Gasteiger partial charge >= 0.3 is 0 Å². The van der Waals surface area contributed by atoms with Gasteiger partial charge in [-0.1, -0.05) is 18.9 Å². The Balaban J connectivity index is 1.98. The fourth-order valence-electron chi connectivity index (χ4n) is 2.67. The van der Waals surface area contributed by atoms with Gasteiger partial charge in [-0.3, -0.25) is 9.88 Å². The SMILES string of the molecule is Cc1cccc(CN(C)C2CCCCC2O)n1. The number of aliphatic hydroxyl groups is 1. The van der Waals surface area contributed by atoms with E-state index in [4.69, 9.17) is 0 Å². The topological polar surface area (TPSA) is 36.4 Å². The Labute approximate surface area is 103 Å². The van der Waals surface area contributed by atoms with E-state index < -0.39 is 0 Å². The van der Waals surface area contributed by atoms with Crippen LogP contribution in [0.15, 0.2) is 18.2 Å². The van der Waals surface area contributed by atoms with E-state index in [0.717, 1.165) is 37.2 Å². The van der Waals surface area contributed by atoms with E-state index in [2.05, 4.69) is 23.0 Å². The number of nitrogens with zero attached hydrogens (tertiary/aromatic N) is 2. The summed E-state index contributed by atoms with van der Waals surface area (Å²) in [6.45, 7) is 2.84. The molecule has 1 fully saturated rings. The Kier molecular flexibility index (Phi) is 4.13. The van der Waals surface area contributed by atoms with E-state index in [9.17, 15) is 5.11 Å². The van der Waals surface area contributed by atoms with Crippen LogP contribution < -0.4 is 0 Å². The van der Waals surface area contributed by atoms with Gasteiger partial charge in [-0.2, -0.15) is 0 Å². The summed E-state index contributed by atoms with van der Waals surface area (Å²) in [5, 5.41) is 10.0. The molecule has 0 amide bonds. The molecule has 1 aliphatic carbocycles. The van der Waals surface area contributed by atoms with Crippen molar-refractivity contribution in [1.29, 1.82) is 0 Å². The van der Waals surface area contributed by atoms with Crippen molar-refractivity contribution in [3.05, 3.63) is 29.6 Å². The fraction of sp³-hybridized carbons (Fsp3) is 0.643. The van der Waals surface area contributed by atoms with Gasteiger partial charge < -0.3 is 5.11 Å². The lowest BCUT2D eigenvalue weighted by Gasteiger charge is -2.35. The third kappa shape index (κ3) is 3.27. The third-order valence-electron chi connectivity index (χ3n) is 3.62. The largest absolute Gasteiger partial charge is 0.391 e. The Morgan fingerprint density at radius 3 is 2.82 bits per heavy atom. The summed E-state index contributed by atoms with van der Waals surface area (Å²) in [5.41, 5.74) is 2.14. The zero-order valence-corrected chi connectivity index (χ0v) is 10.8. The molecule has 2 atom stereocenters. The van der Waals surface area contributed by atoms with Gasteiger partial charge in [0.15, 0.2) is 0 Å². The van der Waals surface area contributed by atoms with Crippen molar-refractivity contribution in [2.24, 2.45) is 0 Å². The average molecular weight is 234 g/mol. The number of likely N-dealkylation sites (N-methyl/N-ethyl adjacent to an activating group) is 1. The molecule has 2 rings (SSSR count). The highest BCUT2D eigenvalue weighted by Crippen LogP contribution is 2.23. The predicted molar refractivity (Wildman–Crippen MR) is 68.7 cm³/mol. The molecule has 1 N–H and O–H groups in total. The maximum atomic E-state index is 10.0. The van der Waals surface area contributed by atoms with Gasteiger partial charge in [0.1, 0.15) is 0 Å². The van der Waals surface area contributed by atoms with E-state index in [1.807, 2.05) is 19.1 Å². The van der Waals surface area contributed by atoms with E-state index in [-0.39, 0.29) is 6.10 Å². The molecular formula is C14H22N2O. The summed E-state index contributed by atoms with van der Waals surface area (Å²) in [4.78, 5) is 6.75. The van der Waals surface area contributed by atoms with Gasteiger partial charge in [-0.25, -0.2) is 0 Å². The molecule has 3 heteroatoms. The molecule has 0 bridgehead atoms. The number of pyridine rings is 1. The van der Waals surface area contributed by atoms with Crippen LogP contribution in [0.4, 0.5) is 0 Å². The van der Waals surface area contributed by atoms with Gasteiger partial charge in [0.05, 0.1) is 11.8 Å². The molecule has 0 radical (unpaired) electrons. The number of hydrogen-bond acceptors (Lipinski definition) is 3.